The van der Waals surface area contributed by atoms with Crippen LogP contribution < -0.4 is 0 Å². The third-order valence-corrected chi connectivity index (χ3v) is 4.53. The molecule has 104 valence electrons. The summed E-state index contributed by atoms with van der Waals surface area (Å²) in [4.78, 5) is 2.57. The van der Waals surface area contributed by atoms with Gasteiger partial charge in [-0.05, 0) is 49.8 Å². The predicted molar refractivity (Wildman–Crippen MR) is 75.4 cm³/mol. The summed E-state index contributed by atoms with van der Waals surface area (Å²) >= 11 is 0. The number of nitrogens with zero attached hydrogens (tertiary/aromatic N) is 1. The Bertz CT molecular complexity index is 438. The topological polar surface area (TPSA) is 32.7 Å². The van der Waals surface area contributed by atoms with Gasteiger partial charge in [-0.1, -0.05) is 12.1 Å². The number of fused-ring (bicyclic) bond motifs is 1. The first-order valence-electron chi connectivity index (χ1n) is 7.46. The largest absolute Gasteiger partial charge is 0.508 e. The lowest BCUT2D eigenvalue weighted by molar-refractivity contribution is 0.00378. The Kier molecular flexibility index (Phi) is 3.76. The molecule has 1 unspecified atom stereocenters. The van der Waals surface area contributed by atoms with Gasteiger partial charge < -0.3 is 9.84 Å². The first kappa shape index (κ1) is 12.9. The van der Waals surface area contributed by atoms with Gasteiger partial charge in [-0.15, -0.1) is 0 Å². The van der Waals surface area contributed by atoms with E-state index >= 15 is 0 Å². The molecule has 1 N–H and O–H groups in total. The zero-order valence-electron chi connectivity index (χ0n) is 11.6. The van der Waals surface area contributed by atoms with Crippen LogP contribution in [0.2, 0.25) is 0 Å². The van der Waals surface area contributed by atoms with E-state index in [0.29, 0.717) is 17.9 Å². The Morgan fingerprint density at radius 2 is 2.05 bits per heavy atom. The van der Waals surface area contributed by atoms with Gasteiger partial charge in [-0.2, -0.15) is 0 Å². The van der Waals surface area contributed by atoms with Gasteiger partial charge in [-0.25, -0.2) is 0 Å². The minimum atomic E-state index is 0.450. The van der Waals surface area contributed by atoms with Crippen LogP contribution in [-0.2, 0) is 11.2 Å². The molecular weight excluding hydrogens is 238 g/mol. The third-order valence-electron chi connectivity index (χ3n) is 4.53. The zero-order chi connectivity index (χ0) is 13.2. The summed E-state index contributed by atoms with van der Waals surface area (Å²) in [5, 5.41) is 9.92. The van der Waals surface area contributed by atoms with Crippen LogP contribution in [0.1, 0.15) is 43.4 Å². The molecule has 1 heterocycles. The molecule has 1 aromatic carbocycles. The Labute approximate surface area is 115 Å². The summed E-state index contributed by atoms with van der Waals surface area (Å²) in [5.41, 5.74) is 2.51. The lowest BCUT2D eigenvalue weighted by Gasteiger charge is -2.36. The first-order valence-corrected chi connectivity index (χ1v) is 7.46. The van der Waals surface area contributed by atoms with Crippen molar-refractivity contribution < 1.29 is 9.84 Å². The molecule has 3 heteroatoms. The molecule has 1 aromatic rings. The monoisotopic (exact) mass is 261 g/mol. The Morgan fingerprint density at radius 3 is 2.79 bits per heavy atom. The molecule has 3 nitrogen and oxygen atoms in total. The molecule has 0 saturated carbocycles. The normalized spacial score (nSPS) is 24.6. The molecule has 0 spiro atoms. The first-order chi connectivity index (χ1) is 9.29. The maximum absolute atomic E-state index is 9.92. The second-order valence-electron chi connectivity index (χ2n) is 5.59. The number of ether oxygens (including phenoxy) is 1. The minimum Gasteiger partial charge on any atom is -0.508 e. The van der Waals surface area contributed by atoms with Crippen molar-refractivity contribution in [3.8, 4) is 5.75 Å². The van der Waals surface area contributed by atoms with E-state index in [9.17, 15) is 5.11 Å². The molecule has 1 aliphatic carbocycles. The standard InChI is InChI=1S/C16H23NO2/c1-2-19-12-8-10-17(11-9-12)15-7-6-14-13(15)4-3-5-16(14)18/h3-5,12,15,18H,2,6-11H2,1H3. The van der Waals surface area contributed by atoms with Crippen LogP contribution in [-0.4, -0.2) is 35.8 Å². The van der Waals surface area contributed by atoms with Gasteiger partial charge in [0.2, 0.25) is 0 Å². The number of phenolic OH excluding ortho intramolecular Hbond substituents is 1. The summed E-state index contributed by atoms with van der Waals surface area (Å²) in [6, 6.07) is 6.47. The fourth-order valence-corrected chi connectivity index (χ4v) is 3.58. The van der Waals surface area contributed by atoms with Crippen molar-refractivity contribution in [3.63, 3.8) is 0 Å². The summed E-state index contributed by atoms with van der Waals surface area (Å²) in [7, 11) is 0. The quantitative estimate of drug-likeness (QED) is 0.908. The van der Waals surface area contributed by atoms with Crippen molar-refractivity contribution in [1.29, 1.82) is 0 Å². The molecule has 0 aromatic heterocycles. The Morgan fingerprint density at radius 1 is 1.26 bits per heavy atom. The van der Waals surface area contributed by atoms with E-state index in [0.717, 1.165) is 45.4 Å². The number of rotatable bonds is 3. The highest BCUT2D eigenvalue weighted by Gasteiger charge is 2.31. The van der Waals surface area contributed by atoms with Crippen LogP contribution in [0.15, 0.2) is 18.2 Å². The number of phenols is 1. The molecule has 0 bridgehead atoms. The number of hydrogen-bond donors (Lipinski definition) is 1. The van der Waals surface area contributed by atoms with Gasteiger partial charge in [0.1, 0.15) is 5.75 Å². The van der Waals surface area contributed by atoms with E-state index in [-0.39, 0.29) is 0 Å². The summed E-state index contributed by atoms with van der Waals surface area (Å²) < 4.78 is 5.72. The summed E-state index contributed by atoms with van der Waals surface area (Å²) in [5.74, 6) is 0.476. The summed E-state index contributed by atoms with van der Waals surface area (Å²) in [6.07, 6.45) is 4.88. The molecule has 1 saturated heterocycles. The van der Waals surface area contributed by atoms with Crippen molar-refractivity contribution in [1.82, 2.24) is 4.90 Å². The van der Waals surface area contributed by atoms with Gasteiger partial charge >= 0.3 is 0 Å². The van der Waals surface area contributed by atoms with Crippen molar-refractivity contribution in [2.24, 2.45) is 0 Å². The lowest BCUT2D eigenvalue weighted by atomic mass is 10.0. The second kappa shape index (κ2) is 5.51. The molecule has 1 aliphatic heterocycles. The van der Waals surface area contributed by atoms with E-state index in [1.807, 2.05) is 12.1 Å². The molecule has 19 heavy (non-hydrogen) atoms. The molecule has 2 aliphatic rings. The number of aromatic hydroxyl groups is 1. The highest BCUT2D eigenvalue weighted by atomic mass is 16.5. The number of benzene rings is 1. The fourth-order valence-electron chi connectivity index (χ4n) is 3.58. The van der Waals surface area contributed by atoms with Crippen LogP contribution in [0.4, 0.5) is 0 Å². The third kappa shape index (κ3) is 2.49. The van der Waals surface area contributed by atoms with Gasteiger partial charge in [0.25, 0.3) is 0 Å². The van der Waals surface area contributed by atoms with Gasteiger partial charge in [0.15, 0.2) is 0 Å². The summed E-state index contributed by atoms with van der Waals surface area (Å²) in [6.45, 7) is 5.13. The average molecular weight is 261 g/mol. The SMILES string of the molecule is CCOC1CCN(C2CCc3c(O)cccc32)CC1. The predicted octanol–water partition coefficient (Wildman–Crippen LogP) is 2.88. The molecule has 1 fully saturated rings. The Hall–Kier alpha value is -1.06. The van der Waals surface area contributed by atoms with Crippen molar-refractivity contribution in [2.45, 2.75) is 44.8 Å². The van der Waals surface area contributed by atoms with Gasteiger partial charge in [0, 0.05) is 25.7 Å². The average Bonchev–Trinajstić information content (AvgIpc) is 2.85. The van der Waals surface area contributed by atoms with E-state index in [4.69, 9.17) is 4.74 Å². The highest BCUT2D eigenvalue weighted by Crippen LogP contribution is 2.40. The van der Waals surface area contributed by atoms with E-state index in [2.05, 4.69) is 17.9 Å². The molecule has 3 rings (SSSR count). The van der Waals surface area contributed by atoms with Gasteiger partial charge in [-0.3, -0.25) is 4.90 Å². The minimum absolute atomic E-state index is 0.450. The Balaban J connectivity index is 1.68. The molecule has 1 atom stereocenters. The second-order valence-corrected chi connectivity index (χ2v) is 5.59. The van der Waals surface area contributed by atoms with Crippen LogP contribution in [0.25, 0.3) is 0 Å². The fraction of sp³-hybridized carbons (Fsp3) is 0.625. The number of piperidine rings is 1. The van der Waals surface area contributed by atoms with Crippen molar-refractivity contribution in [2.75, 3.05) is 19.7 Å². The van der Waals surface area contributed by atoms with E-state index in [1.165, 1.54) is 11.1 Å². The van der Waals surface area contributed by atoms with Crippen molar-refractivity contribution >= 4 is 0 Å². The van der Waals surface area contributed by atoms with Crippen LogP contribution >= 0.6 is 0 Å². The van der Waals surface area contributed by atoms with E-state index < -0.39 is 0 Å². The van der Waals surface area contributed by atoms with Crippen LogP contribution in [0.3, 0.4) is 0 Å². The maximum atomic E-state index is 9.92. The van der Waals surface area contributed by atoms with E-state index in [1.54, 1.807) is 0 Å². The van der Waals surface area contributed by atoms with Crippen LogP contribution in [0.5, 0.6) is 5.75 Å². The molecular formula is C16H23NO2. The van der Waals surface area contributed by atoms with Gasteiger partial charge in [0.05, 0.1) is 6.10 Å². The zero-order valence-corrected chi connectivity index (χ0v) is 11.6. The molecule has 0 radical (unpaired) electrons. The highest BCUT2D eigenvalue weighted by molar-refractivity contribution is 5.44. The van der Waals surface area contributed by atoms with Crippen molar-refractivity contribution in [3.05, 3.63) is 29.3 Å². The number of hydrogen-bond acceptors (Lipinski definition) is 3. The molecule has 0 amide bonds. The lowest BCUT2D eigenvalue weighted by Crippen LogP contribution is -2.38. The maximum Gasteiger partial charge on any atom is 0.119 e. The number of likely N-dealkylation sites (tertiary alicyclic amines) is 1. The van der Waals surface area contributed by atoms with Crippen LogP contribution in [0, 0.1) is 0 Å². The smallest absolute Gasteiger partial charge is 0.119 e.